The van der Waals surface area contributed by atoms with E-state index in [0.717, 1.165) is 12.5 Å². The van der Waals surface area contributed by atoms with E-state index in [9.17, 15) is 0 Å². The quantitative estimate of drug-likeness (QED) is 0.642. The van der Waals surface area contributed by atoms with Crippen LogP contribution in [0.25, 0.3) is 0 Å². The van der Waals surface area contributed by atoms with Crippen LogP contribution in [0.1, 0.15) is 30.6 Å². The van der Waals surface area contributed by atoms with Crippen LogP contribution < -0.4 is 5.73 Å². The predicted octanol–water partition coefficient (Wildman–Crippen LogP) is 2.19. The molecule has 2 fully saturated rings. The summed E-state index contributed by atoms with van der Waals surface area (Å²) in [5.74, 6) is 0.762. The molecule has 0 bridgehead atoms. The SMILES string of the molecule is NC(=NC1CC1)N(Cc1cccs1)C1CC1. The Balaban J connectivity index is 1.70. The van der Waals surface area contributed by atoms with Gasteiger partial charge in [0.15, 0.2) is 5.96 Å². The molecule has 3 nitrogen and oxygen atoms in total. The van der Waals surface area contributed by atoms with E-state index in [4.69, 9.17) is 5.73 Å². The second kappa shape index (κ2) is 4.09. The Labute approximate surface area is 100.0 Å². The molecule has 1 aromatic rings. The molecule has 1 aromatic heterocycles. The Morgan fingerprint density at radius 1 is 1.44 bits per heavy atom. The number of thiophene rings is 1. The highest BCUT2D eigenvalue weighted by atomic mass is 32.1. The molecule has 2 aliphatic carbocycles. The summed E-state index contributed by atoms with van der Waals surface area (Å²) in [7, 11) is 0. The molecule has 0 aromatic carbocycles. The zero-order valence-corrected chi connectivity index (χ0v) is 10.1. The van der Waals surface area contributed by atoms with Crippen molar-refractivity contribution < 1.29 is 0 Å². The first kappa shape index (κ1) is 10.1. The summed E-state index contributed by atoms with van der Waals surface area (Å²) in [6.45, 7) is 0.935. The molecule has 1 heterocycles. The van der Waals surface area contributed by atoms with Gasteiger partial charge in [0.25, 0.3) is 0 Å². The molecular weight excluding hydrogens is 218 g/mol. The minimum Gasteiger partial charge on any atom is -0.370 e. The largest absolute Gasteiger partial charge is 0.370 e. The van der Waals surface area contributed by atoms with Crippen LogP contribution in [0, 0.1) is 0 Å². The van der Waals surface area contributed by atoms with Gasteiger partial charge in [0.1, 0.15) is 0 Å². The molecule has 0 atom stereocenters. The fourth-order valence-electron chi connectivity index (χ4n) is 1.82. The molecule has 0 aliphatic heterocycles. The summed E-state index contributed by atoms with van der Waals surface area (Å²) >= 11 is 1.80. The van der Waals surface area contributed by atoms with Gasteiger partial charge in [-0.3, -0.25) is 0 Å². The predicted molar refractivity (Wildman–Crippen MR) is 67.5 cm³/mol. The molecule has 86 valence electrons. The van der Waals surface area contributed by atoms with Crippen molar-refractivity contribution in [3.05, 3.63) is 22.4 Å². The highest BCUT2D eigenvalue weighted by Gasteiger charge is 2.32. The molecule has 0 saturated heterocycles. The average molecular weight is 235 g/mol. The lowest BCUT2D eigenvalue weighted by molar-refractivity contribution is 0.400. The number of hydrogen-bond donors (Lipinski definition) is 1. The summed E-state index contributed by atoms with van der Waals surface area (Å²) in [6, 6.07) is 5.43. The van der Waals surface area contributed by atoms with Gasteiger partial charge >= 0.3 is 0 Å². The number of nitrogens with two attached hydrogens (primary N) is 1. The lowest BCUT2D eigenvalue weighted by Crippen LogP contribution is -2.38. The zero-order chi connectivity index (χ0) is 11.0. The van der Waals surface area contributed by atoms with Gasteiger partial charge < -0.3 is 10.6 Å². The molecule has 2 saturated carbocycles. The normalized spacial score (nSPS) is 21.1. The van der Waals surface area contributed by atoms with Gasteiger partial charge in [-0.25, -0.2) is 4.99 Å². The maximum atomic E-state index is 6.10. The number of hydrogen-bond acceptors (Lipinski definition) is 2. The Kier molecular flexibility index (Phi) is 2.59. The van der Waals surface area contributed by atoms with E-state index in [1.54, 1.807) is 11.3 Å². The highest BCUT2D eigenvalue weighted by molar-refractivity contribution is 7.09. The van der Waals surface area contributed by atoms with E-state index in [-0.39, 0.29) is 0 Å². The maximum absolute atomic E-state index is 6.10. The Hall–Kier alpha value is -1.03. The fourth-order valence-corrected chi connectivity index (χ4v) is 2.52. The smallest absolute Gasteiger partial charge is 0.192 e. The summed E-state index contributed by atoms with van der Waals surface area (Å²) in [4.78, 5) is 8.21. The van der Waals surface area contributed by atoms with Crippen LogP contribution in [0.3, 0.4) is 0 Å². The molecular formula is C12H17N3S. The first-order valence-corrected chi connectivity index (χ1v) is 6.83. The molecule has 4 heteroatoms. The van der Waals surface area contributed by atoms with Gasteiger partial charge in [-0.1, -0.05) is 6.07 Å². The molecule has 0 spiro atoms. The van der Waals surface area contributed by atoms with Crippen LogP contribution in [0.2, 0.25) is 0 Å². The third-order valence-electron chi connectivity index (χ3n) is 3.05. The van der Waals surface area contributed by atoms with Crippen LogP contribution in [0.5, 0.6) is 0 Å². The minimum atomic E-state index is 0.518. The van der Waals surface area contributed by atoms with Crippen molar-refractivity contribution in [2.45, 2.75) is 44.3 Å². The van der Waals surface area contributed by atoms with Gasteiger partial charge in [-0.15, -0.1) is 11.3 Å². The first-order chi connectivity index (χ1) is 7.83. The maximum Gasteiger partial charge on any atom is 0.192 e. The van der Waals surface area contributed by atoms with Crippen LogP contribution in [0.4, 0.5) is 0 Å². The topological polar surface area (TPSA) is 41.6 Å². The molecule has 16 heavy (non-hydrogen) atoms. The van der Waals surface area contributed by atoms with Crippen LogP contribution >= 0.6 is 11.3 Å². The van der Waals surface area contributed by atoms with Crippen molar-refractivity contribution >= 4 is 17.3 Å². The second-order valence-electron chi connectivity index (χ2n) is 4.66. The van der Waals surface area contributed by atoms with E-state index in [0.29, 0.717) is 12.1 Å². The molecule has 3 rings (SSSR count). The molecule has 2 aliphatic rings. The summed E-state index contributed by atoms with van der Waals surface area (Å²) in [5.41, 5.74) is 6.10. The Bertz CT molecular complexity index is 377. The van der Waals surface area contributed by atoms with Crippen molar-refractivity contribution in [1.82, 2.24) is 4.90 Å². The third-order valence-corrected chi connectivity index (χ3v) is 3.91. The Morgan fingerprint density at radius 3 is 2.81 bits per heavy atom. The number of nitrogens with zero attached hydrogens (tertiary/aromatic N) is 2. The number of aliphatic imine (C=N–C) groups is 1. The van der Waals surface area contributed by atoms with Gasteiger partial charge in [0, 0.05) is 10.9 Å². The molecule has 2 N–H and O–H groups in total. The van der Waals surface area contributed by atoms with Crippen LogP contribution in [0.15, 0.2) is 22.5 Å². The molecule has 0 radical (unpaired) electrons. The molecule has 0 unspecified atom stereocenters. The van der Waals surface area contributed by atoms with Crippen LogP contribution in [-0.2, 0) is 6.54 Å². The minimum absolute atomic E-state index is 0.518. The number of rotatable bonds is 4. The van der Waals surface area contributed by atoms with E-state index in [1.807, 2.05) is 0 Å². The second-order valence-corrected chi connectivity index (χ2v) is 5.69. The monoisotopic (exact) mass is 235 g/mol. The van der Waals surface area contributed by atoms with E-state index >= 15 is 0 Å². The van der Waals surface area contributed by atoms with Crippen molar-refractivity contribution in [3.8, 4) is 0 Å². The lowest BCUT2D eigenvalue weighted by Gasteiger charge is -2.22. The van der Waals surface area contributed by atoms with E-state index in [2.05, 4.69) is 27.4 Å². The van der Waals surface area contributed by atoms with Gasteiger partial charge in [-0.05, 0) is 37.1 Å². The highest BCUT2D eigenvalue weighted by Crippen LogP contribution is 2.30. The summed E-state index contributed by atoms with van der Waals surface area (Å²) in [5, 5.41) is 2.12. The standard InChI is InChI=1S/C12H17N3S/c13-12(14-9-3-4-9)15(10-5-6-10)8-11-2-1-7-16-11/h1-2,7,9-10H,3-6,8H2,(H2,13,14). The Morgan fingerprint density at radius 2 is 2.25 bits per heavy atom. The van der Waals surface area contributed by atoms with Gasteiger partial charge in [0.05, 0.1) is 12.6 Å². The van der Waals surface area contributed by atoms with E-state index < -0.39 is 0 Å². The first-order valence-electron chi connectivity index (χ1n) is 5.95. The molecule has 0 amide bonds. The van der Waals surface area contributed by atoms with Crippen molar-refractivity contribution in [3.63, 3.8) is 0 Å². The van der Waals surface area contributed by atoms with Crippen molar-refractivity contribution in [2.75, 3.05) is 0 Å². The van der Waals surface area contributed by atoms with Gasteiger partial charge in [-0.2, -0.15) is 0 Å². The number of guanidine groups is 1. The summed E-state index contributed by atoms with van der Waals surface area (Å²) in [6.07, 6.45) is 4.98. The van der Waals surface area contributed by atoms with Crippen LogP contribution in [-0.4, -0.2) is 22.9 Å². The zero-order valence-electron chi connectivity index (χ0n) is 9.30. The van der Waals surface area contributed by atoms with Gasteiger partial charge in [0.2, 0.25) is 0 Å². The average Bonchev–Trinajstić information content (AvgIpc) is 3.18. The van der Waals surface area contributed by atoms with E-state index in [1.165, 1.54) is 30.6 Å². The fraction of sp³-hybridized carbons (Fsp3) is 0.583. The lowest BCUT2D eigenvalue weighted by atomic mass is 10.4. The van der Waals surface area contributed by atoms with Crippen molar-refractivity contribution in [2.24, 2.45) is 10.7 Å². The van der Waals surface area contributed by atoms with Crippen molar-refractivity contribution in [1.29, 1.82) is 0 Å². The third kappa shape index (κ3) is 2.38. The summed E-state index contributed by atoms with van der Waals surface area (Å²) < 4.78 is 0.